The third kappa shape index (κ3) is 3.62. The molecule has 0 bridgehead atoms. The molecule has 0 aromatic carbocycles. The minimum atomic E-state index is -0.713. The monoisotopic (exact) mass is 275 g/mol. The van der Waals surface area contributed by atoms with Crippen LogP contribution in [0.15, 0.2) is 0 Å². The summed E-state index contributed by atoms with van der Waals surface area (Å²) in [6.45, 7) is 2.64. The van der Waals surface area contributed by atoms with E-state index in [0.29, 0.717) is 10.3 Å². The van der Waals surface area contributed by atoms with Gasteiger partial charge in [-0.3, -0.25) is 9.69 Å². The van der Waals surface area contributed by atoms with Crippen molar-refractivity contribution in [2.75, 3.05) is 13.1 Å². The molecule has 0 aliphatic carbocycles. The molecule has 1 aliphatic rings. The molecule has 1 unspecified atom stereocenters. The van der Waals surface area contributed by atoms with Gasteiger partial charge in [0.25, 0.3) is 0 Å². The highest BCUT2D eigenvalue weighted by Crippen LogP contribution is 2.25. The van der Waals surface area contributed by atoms with E-state index in [2.05, 4.69) is 14.5 Å². The molecule has 1 aromatic heterocycles. The van der Waals surface area contributed by atoms with Crippen LogP contribution in [0.4, 0.5) is 0 Å². The van der Waals surface area contributed by atoms with Crippen molar-refractivity contribution in [2.24, 2.45) is 5.92 Å². The largest absolute Gasteiger partial charge is 0.481 e. The van der Waals surface area contributed by atoms with Crippen molar-refractivity contribution in [2.45, 2.75) is 25.8 Å². The molecule has 2 heterocycles. The van der Waals surface area contributed by atoms with Crippen LogP contribution in [0.3, 0.4) is 0 Å². The molecule has 1 aromatic rings. The Balaban J connectivity index is 1.78. The lowest BCUT2D eigenvalue weighted by molar-refractivity contribution is -0.137. The molecule has 0 spiro atoms. The molecule has 7 heteroatoms. The average molecular weight is 276 g/mol. The van der Waals surface area contributed by atoms with Crippen molar-refractivity contribution in [1.82, 2.24) is 14.5 Å². The summed E-state index contributed by atoms with van der Waals surface area (Å²) in [7, 11) is 0. The van der Waals surface area contributed by atoms with E-state index in [1.807, 2.05) is 0 Å². The van der Waals surface area contributed by atoms with Crippen LogP contribution in [0.1, 0.15) is 25.0 Å². The highest BCUT2D eigenvalue weighted by Gasteiger charge is 2.24. The second-order valence-electron chi connectivity index (χ2n) is 4.32. The highest BCUT2D eigenvalue weighted by molar-refractivity contribution is 7.10. The molecule has 94 valence electrons. The lowest BCUT2D eigenvalue weighted by atomic mass is 10.0. The van der Waals surface area contributed by atoms with E-state index in [1.165, 1.54) is 11.5 Å². The molecule has 0 radical (unpaired) electrons. The number of aliphatic carboxylic acids is 1. The molecule has 1 saturated heterocycles. The maximum atomic E-state index is 10.5. The quantitative estimate of drug-likeness (QED) is 0.889. The Morgan fingerprint density at radius 1 is 1.65 bits per heavy atom. The second-order valence-corrected chi connectivity index (χ2v) is 5.67. The van der Waals surface area contributed by atoms with Crippen molar-refractivity contribution in [3.63, 3.8) is 0 Å². The lowest BCUT2D eigenvalue weighted by Gasteiger charge is -2.14. The van der Waals surface area contributed by atoms with Crippen LogP contribution < -0.4 is 0 Å². The van der Waals surface area contributed by atoms with Crippen molar-refractivity contribution < 1.29 is 9.90 Å². The van der Waals surface area contributed by atoms with Gasteiger partial charge in [0.2, 0.25) is 0 Å². The number of rotatable bonds is 5. The Morgan fingerprint density at radius 3 is 3.12 bits per heavy atom. The van der Waals surface area contributed by atoms with E-state index in [1.54, 1.807) is 0 Å². The van der Waals surface area contributed by atoms with Gasteiger partial charge in [0.15, 0.2) is 0 Å². The van der Waals surface area contributed by atoms with E-state index in [9.17, 15) is 4.79 Å². The number of aromatic nitrogens is 2. The first-order valence-electron chi connectivity index (χ1n) is 5.56. The van der Waals surface area contributed by atoms with Crippen molar-refractivity contribution in [3.05, 3.63) is 10.0 Å². The SMILES string of the molecule is O=C(O)CCC1CCN(Cc2nnsc2Cl)C1. The summed E-state index contributed by atoms with van der Waals surface area (Å²) in [5, 5.41) is 12.6. The van der Waals surface area contributed by atoms with Crippen LogP contribution in [0.25, 0.3) is 0 Å². The minimum Gasteiger partial charge on any atom is -0.481 e. The Morgan fingerprint density at radius 2 is 2.47 bits per heavy atom. The first kappa shape index (κ1) is 12.7. The number of likely N-dealkylation sites (tertiary alicyclic amines) is 1. The normalized spacial score (nSPS) is 20.9. The lowest BCUT2D eigenvalue weighted by Crippen LogP contribution is -2.20. The molecule has 0 saturated carbocycles. The maximum absolute atomic E-state index is 10.5. The number of carboxylic acid groups (broad SMARTS) is 1. The number of carboxylic acids is 1. The van der Waals surface area contributed by atoms with Crippen molar-refractivity contribution in [1.29, 1.82) is 0 Å². The smallest absolute Gasteiger partial charge is 0.303 e. The molecular formula is C10H14ClN3O2S. The third-order valence-electron chi connectivity index (χ3n) is 3.02. The predicted molar refractivity (Wildman–Crippen MR) is 65.2 cm³/mol. The predicted octanol–water partition coefficient (Wildman–Crippen LogP) is 1.88. The third-order valence-corrected chi connectivity index (χ3v) is 4.00. The summed E-state index contributed by atoms with van der Waals surface area (Å²) in [6, 6.07) is 0. The number of carbonyl (C=O) groups is 1. The van der Waals surface area contributed by atoms with Crippen LogP contribution >= 0.6 is 23.1 Å². The number of halogens is 1. The number of nitrogens with zero attached hydrogens (tertiary/aromatic N) is 3. The van der Waals surface area contributed by atoms with Gasteiger partial charge < -0.3 is 5.11 Å². The van der Waals surface area contributed by atoms with Gasteiger partial charge in [-0.15, -0.1) is 5.10 Å². The van der Waals surface area contributed by atoms with Crippen LogP contribution in [0.2, 0.25) is 4.34 Å². The van der Waals surface area contributed by atoms with Gasteiger partial charge in [-0.05, 0) is 25.3 Å². The minimum absolute atomic E-state index is 0.261. The van der Waals surface area contributed by atoms with E-state index < -0.39 is 5.97 Å². The summed E-state index contributed by atoms with van der Waals surface area (Å²) in [5.74, 6) is -0.230. The van der Waals surface area contributed by atoms with Gasteiger partial charge in [-0.25, -0.2) is 0 Å². The van der Waals surface area contributed by atoms with Crippen LogP contribution in [-0.4, -0.2) is 38.7 Å². The highest BCUT2D eigenvalue weighted by atomic mass is 35.5. The summed E-state index contributed by atoms with van der Waals surface area (Å²) < 4.78 is 4.45. The van der Waals surface area contributed by atoms with E-state index >= 15 is 0 Å². The zero-order chi connectivity index (χ0) is 12.3. The molecule has 0 amide bonds. The van der Waals surface area contributed by atoms with Gasteiger partial charge in [0, 0.05) is 31.0 Å². The summed E-state index contributed by atoms with van der Waals surface area (Å²) in [6.07, 6.45) is 2.08. The van der Waals surface area contributed by atoms with E-state index in [4.69, 9.17) is 16.7 Å². The van der Waals surface area contributed by atoms with E-state index in [-0.39, 0.29) is 6.42 Å². The Labute approximate surface area is 109 Å². The van der Waals surface area contributed by atoms with Gasteiger partial charge in [-0.2, -0.15) is 0 Å². The van der Waals surface area contributed by atoms with Crippen LogP contribution in [0, 0.1) is 5.92 Å². The standard InChI is InChI=1S/C10H14ClN3O2S/c11-10-8(12-13-17-10)6-14-4-3-7(5-14)1-2-9(15)16/h7H,1-6H2,(H,15,16). The average Bonchev–Trinajstić information content (AvgIpc) is 2.87. The fourth-order valence-corrected chi connectivity index (χ4v) is 2.73. The fraction of sp³-hybridized carbons (Fsp3) is 0.700. The molecule has 1 aliphatic heterocycles. The Kier molecular flexibility index (Phi) is 4.31. The van der Waals surface area contributed by atoms with Gasteiger partial charge in [0.1, 0.15) is 10.0 Å². The van der Waals surface area contributed by atoms with Gasteiger partial charge in [0.05, 0.1) is 0 Å². The fourth-order valence-electron chi connectivity index (χ4n) is 2.12. The van der Waals surface area contributed by atoms with Gasteiger partial charge >= 0.3 is 5.97 Å². The molecule has 2 rings (SSSR count). The molecule has 1 atom stereocenters. The molecule has 5 nitrogen and oxygen atoms in total. The van der Waals surface area contributed by atoms with Gasteiger partial charge in [-0.1, -0.05) is 16.1 Å². The first-order chi connectivity index (χ1) is 8.15. The van der Waals surface area contributed by atoms with Crippen LogP contribution in [-0.2, 0) is 11.3 Å². The van der Waals surface area contributed by atoms with Crippen molar-refractivity contribution in [3.8, 4) is 0 Å². The summed E-state index contributed by atoms with van der Waals surface area (Å²) >= 11 is 7.15. The topological polar surface area (TPSA) is 66.3 Å². The molecule has 1 N–H and O–H groups in total. The zero-order valence-electron chi connectivity index (χ0n) is 9.30. The summed E-state index contributed by atoms with van der Waals surface area (Å²) in [5.41, 5.74) is 0.829. The van der Waals surface area contributed by atoms with E-state index in [0.717, 1.165) is 38.2 Å². The molecule has 17 heavy (non-hydrogen) atoms. The number of hydrogen-bond donors (Lipinski definition) is 1. The first-order valence-corrected chi connectivity index (χ1v) is 6.71. The zero-order valence-corrected chi connectivity index (χ0v) is 10.9. The Hall–Kier alpha value is -0.720. The van der Waals surface area contributed by atoms with Crippen LogP contribution in [0.5, 0.6) is 0 Å². The van der Waals surface area contributed by atoms with Crippen molar-refractivity contribution >= 4 is 29.1 Å². The maximum Gasteiger partial charge on any atom is 0.303 e. The number of hydrogen-bond acceptors (Lipinski definition) is 5. The molecule has 1 fully saturated rings. The summed E-state index contributed by atoms with van der Waals surface area (Å²) in [4.78, 5) is 12.7. The Bertz CT molecular complexity index is 399. The molecular weight excluding hydrogens is 262 g/mol. The second kappa shape index (κ2) is 5.75.